The van der Waals surface area contributed by atoms with Crippen molar-refractivity contribution in [1.29, 1.82) is 5.41 Å². The lowest BCUT2D eigenvalue weighted by molar-refractivity contribution is 0.0633. The average molecular weight is 592 g/mol. The summed E-state index contributed by atoms with van der Waals surface area (Å²) in [5.41, 5.74) is 3.25. The van der Waals surface area contributed by atoms with Crippen LogP contribution in [0.4, 0.5) is 5.82 Å². The van der Waals surface area contributed by atoms with Gasteiger partial charge in [0, 0.05) is 54.6 Å². The Morgan fingerprint density at radius 2 is 1.95 bits per heavy atom. The van der Waals surface area contributed by atoms with E-state index >= 15 is 0 Å². The highest BCUT2D eigenvalue weighted by atomic mass is 32.2. The van der Waals surface area contributed by atoms with Gasteiger partial charge in [-0.15, -0.1) is 0 Å². The Morgan fingerprint density at radius 3 is 2.64 bits per heavy atom. The molecule has 1 aliphatic carbocycles. The van der Waals surface area contributed by atoms with E-state index in [0.717, 1.165) is 52.7 Å². The average Bonchev–Trinajstić information content (AvgIpc) is 3.72. The van der Waals surface area contributed by atoms with Crippen LogP contribution in [0, 0.1) is 5.41 Å². The summed E-state index contributed by atoms with van der Waals surface area (Å²) in [5, 5.41) is 19.4. The van der Waals surface area contributed by atoms with Crippen molar-refractivity contribution in [2.75, 3.05) is 31.6 Å². The molecule has 0 aromatic carbocycles. The van der Waals surface area contributed by atoms with Crippen LogP contribution < -0.4 is 15.5 Å². The number of anilines is 1. The number of nitrogens with zero attached hydrogens (tertiary/aromatic N) is 6. The standard InChI is InChI=1S/C29H37N9O3S/c1-19(2)34-26-14-27(30)37(18-24(26)25-7-4-22(16-32-25)41-21-9-12-36(3)13-10-21)28-8-11-31-29(35-28)20-15-33-38(17-20)42(39,40)23-5-6-23/h4,7-8,11,14-17,19,21,23,30,32,34H,5-6,9-10,12-13,18H2,1-3H3. The van der Waals surface area contributed by atoms with E-state index in [-0.39, 0.29) is 23.2 Å². The summed E-state index contributed by atoms with van der Waals surface area (Å²) >= 11 is 0. The van der Waals surface area contributed by atoms with Crippen molar-refractivity contribution in [2.24, 2.45) is 0 Å². The van der Waals surface area contributed by atoms with Crippen LogP contribution in [0.15, 0.2) is 71.8 Å². The van der Waals surface area contributed by atoms with Crippen LogP contribution in [0.2, 0.25) is 0 Å². The molecular formula is C29H37N9O3S. The molecule has 0 bridgehead atoms. The van der Waals surface area contributed by atoms with E-state index in [1.807, 2.05) is 18.4 Å². The maximum absolute atomic E-state index is 12.6. The van der Waals surface area contributed by atoms with E-state index in [2.05, 4.69) is 46.5 Å². The van der Waals surface area contributed by atoms with Crippen LogP contribution in [-0.2, 0) is 14.8 Å². The van der Waals surface area contributed by atoms with Gasteiger partial charge in [0.25, 0.3) is 10.0 Å². The smallest absolute Gasteiger partial charge is 0.256 e. The SMILES string of the molecule is CC(C)NC1=CC(=N)N(c2ccnc(-c3cnn(S(=O)(=O)C4CC4)c3)n2)CC1=C1C=CC(OC2CCN(C)CC2)=CN1. The summed E-state index contributed by atoms with van der Waals surface area (Å²) in [6.45, 7) is 6.59. The van der Waals surface area contributed by atoms with Gasteiger partial charge in [-0.25, -0.2) is 18.4 Å². The first-order valence-electron chi connectivity index (χ1n) is 14.4. The first-order valence-corrected chi connectivity index (χ1v) is 15.9. The lowest BCUT2D eigenvalue weighted by atomic mass is 10.0. The third-order valence-electron chi connectivity index (χ3n) is 7.68. The highest BCUT2D eigenvalue weighted by Gasteiger charge is 2.38. The second kappa shape index (κ2) is 11.4. The summed E-state index contributed by atoms with van der Waals surface area (Å²) in [4.78, 5) is 13.2. The molecule has 0 spiro atoms. The van der Waals surface area contributed by atoms with Crippen molar-refractivity contribution >= 4 is 21.7 Å². The maximum Gasteiger partial charge on any atom is 0.256 e. The molecule has 0 amide bonds. The minimum Gasteiger partial charge on any atom is -0.489 e. The minimum absolute atomic E-state index is 0.173. The Hall–Kier alpha value is -3.97. The van der Waals surface area contributed by atoms with Gasteiger partial charge in [0.05, 0.1) is 29.8 Å². The van der Waals surface area contributed by atoms with E-state index in [4.69, 9.17) is 15.1 Å². The summed E-state index contributed by atoms with van der Waals surface area (Å²) < 4.78 is 32.5. The van der Waals surface area contributed by atoms with Crippen LogP contribution >= 0.6 is 0 Å². The Balaban J connectivity index is 1.24. The Bertz CT molecular complexity index is 1590. The molecule has 222 valence electrons. The first-order chi connectivity index (χ1) is 20.2. The zero-order valence-electron chi connectivity index (χ0n) is 24.1. The lowest BCUT2D eigenvalue weighted by Gasteiger charge is -2.33. The highest BCUT2D eigenvalue weighted by molar-refractivity contribution is 7.90. The van der Waals surface area contributed by atoms with Gasteiger partial charge in [0.15, 0.2) is 5.82 Å². The molecule has 0 radical (unpaired) electrons. The number of likely N-dealkylation sites (tertiary alicyclic amines) is 1. The first kappa shape index (κ1) is 28.2. The maximum atomic E-state index is 12.6. The zero-order valence-corrected chi connectivity index (χ0v) is 24.9. The molecule has 3 aliphatic heterocycles. The van der Waals surface area contributed by atoms with Crippen molar-refractivity contribution in [3.8, 4) is 11.4 Å². The third kappa shape index (κ3) is 5.97. The van der Waals surface area contributed by atoms with Crippen LogP contribution in [0.5, 0.6) is 0 Å². The normalized spacial score (nSPS) is 22.2. The molecule has 3 N–H and O–H groups in total. The molecule has 1 saturated heterocycles. The number of hydrogen-bond donors (Lipinski definition) is 3. The Labute approximate surface area is 246 Å². The number of dihydropyridines is 1. The number of rotatable bonds is 8. The van der Waals surface area contributed by atoms with Crippen molar-refractivity contribution in [1.82, 2.24) is 34.7 Å². The molecule has 1 saturated carbocycles. The third-order valence-corrected chi connectivity index (χ3v) is 9.71. The summed E-state index contributed by atoms with van der Waals surface area (Å²) in [5.74, 6) is 1.96. The molecule has 42 heavy (non-hydrogen) atoms. The van der Waals surface area contributed by atoms with Crippen molar-refractivity contribution in [3.63, 3.8) is 0 Å². The fourth-order valence-electron chi connectivity index (χ4n) is 5.19. The van der Waals surface area contributed by atoms with Gasteiger partial charge in [0.1, 0.15) is 23.5 Å². The van der Waals surface area contributed by atoms with Gasteiger partial charge in [-0.1, -0.05) is 0 Å². The largest absolute Gasteiger partial charge is 0.489 e. The monoisotopic (exact) mass is 591 g/mol. The number of piperidine rings is 1. The van der Waals surface area contributed by atoms with Crippen molar-refractivity contribution < 1.29 is 13.2 Å². The number of hydrogen-bond acceptors (Lipinski definition) is 10. The molecule has 13 heteroatoms. The lowest BCUT2D eigenvalue weighted by Crippen LogP contribution is -2.40. The molecule has 5 heterocycles. The summed E-state index contributed by atoms with van der Waals surface area (Å²) in [7, 11) is -1.35. The molecule has 2 aromatic rings. The number of ether oxygens (including phenoxy) is 1. The summed E-state index contributed by atoms with van der Waals surface area (Å²) in [6.07, 6.45) is 15.8. The quantitative estimate of drug-likeness (QED) is 0.420. The molecular weight excluding hydrogens is 554 g/mol. The van der Waals surface area contributed by atoms with E-state index in [0.29, 0.717) is 36.6 Å². The van der Waals surface area contributed by atoms with Gasteiger partial charge in [-0.3, -0.25) is 5.41 Å². The molecule has 0 unspecified atom stereocenters. The van der Waals surface area contributed by atoms with Crippen molar-refractivity contribution in [2.45, 2.75) is 56.9 Å². The minimum atomic E-state index is -3.49. The highest BCUT2D eigenvalue weighted by Crippen LogP contribution is 2.31. The second-order valence-electron chi connectivity index (χ2n) is 11.4. The Kier molecular flexibility index (Phi) is 7.62. The molecule has 0 atom stereocenters. The van der Waals surface area contributed by atoms with Crippen LogP contribution in [0.3, 0.4) is 0 Å². The topological polar surface area (TPSA) is 141 Å². The van der Waals surface area contributed by atoms with Gasteiger partial charge in [0.2, 0.25) is 0 Å². The molecule has 4 aliphatic rings. The van der Waals surface area contributed by atoms with Crippen molar-refractivity contribution in [3.05, 3.63) is 71.8 Å². The number of amidine groups is 1. The van der Waals surface area contributed by atoms with E-state index in [1.54, 1.807) is 23.2 Å². The molecule has 12 nitrogen and oxygen atoms in total. The second-order valence-corrected chi connectivity index (χ2v) is 13.5. The van der Waals surface area contributed by atoms with Gasteiger partial charge in [-0.05, 0) is 64.8 Å². The van der Waals surface area contributed by atoms with Crippen LogP contribution in [0.25, 0.3) is 11.4 Å². The van der Waals surface area contributed by atoms with Gasteiger partial charge < -0.3 is 25.2 Å². The zero-order chi connectivity index (χ0) is 29.4. The summed E-state index contributed by atoms with van der Waals surface area (Å²) in [6, 6.07) is 1.92. The van der Waals surface area contributed by atoms with E-state index in [9.17, 15) is 8.42 Å². The molecule has 6 rings (SSSR count). The number of nitrogens with one attached hydrogen (secondary N) is 3. The van der Waals surface area contributed by atoms with Gasteiger partial charge >= 0.3 is 0 Å². The van der Waals surface area contributed by atoms with Crippen LogP contribution in [0.1, 0.15) is 39.5 Å². The van der Waals surface area contributed by atoms with Gasteiger partial charge in [-0.2, -0.15) is 9.19 Å². The van der Waals surface area contributed by atoms with E-state index in [1.165, 1.54) is 12.4 Å². The van der Waals surface area contributed by atoms with E-state index < -0.39 is 10.0 Å². The predicted octanol–water partition coefficient (Wildman–Crippen LogP) is 2.73. The fraction of sp³-hybridized carbons (Fsp3) is 0.448. The number of allylic oxidation sites excluding steroid dienone is 2. The number of aromatic nitrogens is 4. The van der Waals surface area contributed by atoms with Crippen LogP contribution in [-0.4, -0.2) is 82.4 Å². The predicted molar refractivity (Wildman–Crippen MR) is 161 cm³/mol. The molecule has 2 aromatic heterocycles. The Morgan fingerprint density at radius 1 is 1.17 bits per heavy atom. The fourth-order valence-corrected chi connectivity index (χ4v) is 6.66. The molecule has 2 fully saturated rings.